The van der Waals surface area contributed by atoms with Crippen LogP contribution in [0.5, 0.6) is 0 Å². The largest absolute Gasteiger partial charge is 0.416 e. The quantitative estimate of drug-likeness (QED) is 0.780. The van der Waals surface area contributed by atoms with Crippen molar-refractivity contribution in [2.24, 2.45) is 0 Å². The highest BCUT2D eigenvalue weighted by Crippen LogP contribution is 2.37. The van der Waals surface area contributed by atoms with Gasteiger partial charge in [-0.2, -0.15) is 13.2 Å². The van der Waals surface area contributed by atoms with Gasteiger partial charge < -0.3 is 10.1 Å². The minimum Gasteiger partial charge on any atom is -0.381 e. The normalized spacial score (nSPS) is 16.8. The summed E-state index contributed by atoms with van der Waals surface area (Å²) in [6.45, 7) is 0.435. The van der Waals surface area contributed by atoms with Gasteiger partial charge in [0.1, 0.15) is 11.6 Å². The maximum absolute atomic E-state index is 14.0. The van der Waals surface area contributed by atoms with Gasteiger partial charge in [-0.25, -0.2) is 8.78 Å². The van der Waals surface area contributed by atoms with Crippen LogP contribution in [-0.4, -0.2) is 19.1 Å². The van der Waals surface area contributed by atoms with Crippen LogP contribution in [0.4, 0.5) is 27.6 Å². The Morgan fingerprint density at radius 2 is 1.74 bits per heavy atom. The van der Waals surface area contributed by atoms with Crippen molar-refractivity contribution in [2.75, 3.05) is 18.5 Å². The first-order valence-corrected chi connectivity index (χ1v) is 8.24. The Hall–Kier alpha value is -2.48. The van der Waals surface area contributed by atoms with E-state index in [4.69, 9.17) is 4.74 Å². The van der Waals surface area contributed by atoms with Gasteiger partial charge in [-0.1, -0.05) is 12.1 Å². The van der Waals surface area contributed by atoms with E-state index >= 15 is 0 Å². The van der Waals surface area contributed by atoms with Crippen molar-refractivity contribution in [1.82, 2.24) is 0 Å². The number of carbonyl (C=O) groups is 1. The molecule has 144 valence electrons. The molecule has 0 unspecified atom stereocenters. The van der Waals surface area contributed by atoms with E-state index < -0.39 is 40.4 Å². The molecule has 0 aromatic heterocycles. The van der Waals surface area contributed by atoms with Gasteiger partial charge in [-0.15, -0.1) is 0 Å². The third-order valence-corrected chi connectivity index (χ3v) is 4.70. The summed E-state index contributed by atoms with van der Waals surface area (Å²) < 4.78 is 71.6. The third kappa shape index (κ3) is 3.95. The fraction of sp³-hybridized carbons (Fsp3) is 0.316. The van der Waals surface area contributed by atoms with Gasteiger partial charge in [0.15, 0.2) is 0 Å². The summed E-state index contributed by atoms with van der Waals surface area (Å²) in [7, 11) is 0. The van der Waals surface area contributed by atoms with Crippen LogP contribution in [0.25, 0.3) is 0 Å². The number of nitrogens with one attached hydrogen (secondary N) is 1. The SMILES string of the molecule is O=C(Nc1cc(C(F)(F)F)ccc1F)C1(c2cccc(F)c2)CCOCC1. The van der Waals surface area contributed by atoms with E-state index in [0.717, 1.165) is 0 Å². The zero-order valence-electron chi connectivity index (χ0n) is 14.1. The minimum atomic E-state index is -4.67. The number of carbonyl (C=O) groups excluding carboxylic acids is 1. The predicted molar refractivity (Wildman–Crippen MR) is 88.2 cm³/mol. The summed E-state index contributed by atoms with van der Waals surface area (Å²) >= 11 is 0. The van der Waals surface area contributed by atoms with E-state index in [9.17, 15) is 26.7 Å². The Morgan fingerprint density at radius 1 is 1.04 bits per heavy atom. The van der Waals surface area contributed by atoms with Crippen molar-refractivity contribution in [3.05, 3.63) is 65.2 Å². The molecule has 1 heterocycles. The van der Waals surface area contributed by atoms with Gasteiger partial charge in [-0.3, -0.25) is 4.79 Å². The van der Waals surface area contributed by atoms with Crippen molar-refractivity contribution in [3.63, 3.8) is 0 Å². The molecule has 0 bridgehead atoms. The number of halogens is 5. The molecule has 27 heavy (non-hydrogen) atoms. The second kappa shape index (κ2) is 7.26. The second-order valence-electron chi connectivity index (χ2n) is 6.35. The van der Waals surface area contributed by atoms with Crippen molar-refractivity contribution in [2.45, 2.75) is 24.4 Å². The van der Waals surface area contributed by atoms with E-state index in [0.29, 0.717) is 23.8 Å². The molecule has 3 rings (SSSR count). The van der Waals surface area contributed by atoms with E-state index in [1.165, 1.54) is 18.2 Å². The topological polar surface area (TPSA) is 38.3 Å². The summed E-state index contributed by atoms with van der Waals surface area (Å²) in [4.78, 5) is 13.0. The lowest BCUT2D eigenvalue weighted by atomic mass is 9.73. The van der Waals surface area contributed by atoms with Crippen LogP contribution in [-0.2, 0) is 21.1 Å². The summed E-state index contributed by atoms with van der Waals surface area (Å²) in [5.74, 6) is -2.23. The molecule has 0 atom stereocenters. The molecule has 0 radical (unpaired) electrons. The molecule has 3 nitrogen and oxygen atoms in total. The van der Waals surface area contributed by atoms with Crippen molar-refractivity contribution < 1.29 is 31.5 Å². The van der Waals surface area contributed by atoms with Gasteiger partial charge in [-0.05, 0) is 48.7 Å². The maximum atomic E-state index is 14.0. The van der Waals surface area contributed by atoms with Crippen LogP contribution in [0, 0.1) is 11.6 Å². The Bertz CT molecular complexity index is 844. The summed E-state index contributed by atoms with van der Waals surface area (Å²) in [5.41, 5.74) is -2.50. The lowest BCUT2D eigenvalue weighted by Gasteiger charge is -2.36. The van der Waals surface area contributed by atoms with Crippen LogP contribution in [0.1, 0.15) is 24.0 Å². The first-order valence-electron chi connectivity index (χ1n) is 8.24. The Morgan fingerprint density at radius 3 is 2.37 bits per heavy atom. The highest BCUT2D eigenvalue weighted by molar-refractivity contribution is 5.99. The predicted octanol–water partition coefficient (Wildman–Crippen LogP) is 4.67. The molecule has 0 saturated carbocycles. The van der Waals surface area contributed by atoms with E-state index in [1.807, 2.05) is 0 Å². The summed E-state index contributed by atoms with van der Waals surface area (Å²) in [6, 6.07) is 7.23. The zero-order valence-corrected chi connectivity index (χ0v) is 14.1. The van der Waals surface area contributed by atoms with Gasteiger partial charge in [0, 0.05) is 13.2 Å². The number of anilines is 1. The fourth-order valence-electron chi connectivity index (χ4n) is 3.19. The molecule has 1 fully saturated rings. The van der Waals surface area contributed by atoms with Gasteiger partial charge in [0.2, 0.25) is 5.91 Å². The monoisotopic (exact) mass is 385 g/mol. The number of amides is 1. The maximum Gasteiger partial charge on any atom is 0.416 e. The van der Waals surface area contributed by atoms with E-state index in [2.05, 4.69) is 5.32 Å². The smallest absolute Gasteiger partial charge is 0.381 e. The molecular formula is C19H16F5NO2. The molecule has 8 heteroatoms. The molecule has 1 saturated heterocycles. The number of rotatable bonds is 3. The van der Waals surface area contributed by atoms with Crippen LogP contribution in [0.15, 0.2) is 42.5 Å². The lowest BCUT2D eigenvalue weighted by Crippen LogP contribution is -2.45. The van der Waals surface area contributed by atoms with Crippen LogP contribution in [0.2, 0.25) is 0 Å². The number of ether oxygens (including phenoxy) is 1. The van der Waals surface area contributed by atoms with Crippen molar-refractivity contribution in [3.8, 4) is 0 Å². The molecule has 1 N–H and O–H groups in total. The Kier molecular flexibility index (Phi) is 5.19. The van der Waals surface area contributed by atoms with Gasteiger partial charge in [0.05, 0.1) is 16.7 Å². The molecule has 1 amide bonds. The van der Waals surface area contributed by atoms with Crippen molar-refractivity contribution in [1.29, 1.82) is 0 Å². The standard InChI is InChI=1S/C19H16F5NO2/c20-14-3-1-2-12(10-14)18(6-8-27-9-7-18)17(26)25-16-11-13(19(22,23)24)4-5-15(16)21/h1-5,10-11H,6-9H2,(H,25,26). The average molecular weight is 385 g/mol. The molecular weight excluding hydrogens is 369 g/mol. The number of hydrogen-bond donors (Lipinski definition) is 1. The second-order valence-corrected chi connectivity index (χ2v) is 6.35. The molecule has 2 aromatic carbocycles. The van der Waals surface area contributed by atoms with E-state index in [-0.39, 0.29) is 26.1 Å². The van der Waals surface area contributed by atoms with Crippen LogP contribution in [0.3, 0.4) is 0 Å². The average Bonchev–Trinajstić information content (AvgIpc) is 2.63. The number of hydrogen-bond acceptors (Lipinski definition) is 2. The van der Waals surface area contributed by atoms with E-state index in [1.54, 1.807) is 6.07 Å². The van der Waals surface area contributed by atoms with Gasteiger partial charge in [0.25, 0.3) is 0 Å². The summed E-state index contributed by atoms with van der Waals surface area (Å²) in [6.07, 6.45) is -4.28. The highest BCUT2D eigenvalue weighted by Gasteiger charge is 2.42. The van der Waals surface area contributed by atoms with Crippen LogP contribution >= 0.6 is 0 Å². The zero-order chi connectivity index (χ0) is 19.7. The Balaban J connectivity index is 1.97. The first kappa shape index (κ1) is 19.3. The Labute approximate surface area is 152 Å². The van der Waals surface area contributed by atoms with Crippen molar-refractivity contribution >= 4 is 11.6 Å². The fourth-order valence-corrected chi connectivity index (χ4v) is 3.19. The molecule has 1 aliphatic rings. The first-order chi connectivity index (χ1) is 12.7. The third-order valence-electron chi connectivity index (χ3n) is 4.70. The number of benzene rings is 2. The highest BCUT2D eigenvalue weighted by atomic mass is 19.4. The molecule has 0 aliphatic carbocycles. The molecule has 1 aliphatic heterocycles. The lowest BCUT2D eigenvalue weighted by molar-refractivity contribution is -0.137. The number of alkyl halides is 3. The van der Waals surface area contributed by atoms with Gasteiger partial charge >= 0.3 is 6.18 Å². The minimum absolute atomic E-state index is 0.197. The molecule has 2 aromatic rings. The summed E-state index contributed by atoms with van der Waals surface area (Å²) in [5, 5.41) is 2.26. The molecule has 0 spiro atoms. The van der Waals surface area contributed by atoms with Crippen LogP contribution < -0.4 is 5.32 Å².